The Bertz CT molecular complexity index is 392. The van der Waals surface area contributed by atoms with E-state index in [1.165, 1.54) is 22.1 Å². The molecule has 1 aromatic carbocycles. The molecule has 1 saturated carbocycles. The van der Waals surface area contributed by atoms with E-state index in [0.717, 1.165) is 24.8 Å². The highest BCUT2D eigenvalue weighted by molar-refractivity contribution is 9.10. The molecule has 1 fully saturated rings. The summed E-state index contributed by atoms with van der Waals surface area (Å²) in [5, 5.41) is 0. The van der Waals surface area contributed by atoms with Crippen molar-refractivity contribution in [1.82, 2.24) is 0 Å². The average molecular weight is 297 g/mol. The van der Waals surface area contributed by atoms with Crippen LogP contribution in [0.15, 0.2) is 22.7 Å². The van der Waals surface area contributed by atoms with E-state index in [2.05, 4.69) is 53.0 Å². The van der Waals surface area contributed by atoms with Gasteiger partial charge in [0.1, 0.15) is 0 Å². The number of hydrogen-bond donors (Lipinski definition) is 1. The van der Waals surface area contributed by atoms with E-state index >= 15 is 0 Å². The lowest BCUT2D eigenvalue weighted by molar-refractivity contribution is 0.724. The van der Waals surface area contributed by atoms with E-state index in [1.54, 1.807) is 0 Å². The Labute approximate surface area is 112 Å². The second-order valence-electron chi connectivity index (χ2n) is 5.18. The van der Waals surface area contributed by atoms with Gasteiger partial charge in [0.25, 0.3) is 0 Å². The van der Waals surface area contributed by atoms with Crippen molar-refractivity contribution in [2.45, 2.75) is 19.8 Å². The van der Waals surface area contributed by atoms with Gasteiger partial charge in [0, 0.05) is 18.1 Å². The maximum absolute atomic E-state index is 5.57. The Balaban J connectivity index is 2.04. The number of halogens is 1. The van der Waals surface area contributed by atoms with Crippen LogP contribution in [0.3, 0.4) is 0 Å². The zero-order valence-corrected chi connectivity index (χ0v) is 12.2. The Hall–Kier alpha value is -0.540. The van der Waals surface area contributed by atoms with Crippen LogP contribution < -0.4 is 10.6 Å². The number of nitrogens with zero attached hydrogens (tertiary/aromatic N) is 1. The summed E-state index contributed by atoms with van der Waals surface area (Å²) in [4.78, 5) is 2.35. The highest BCUT2D eigenvalue weighted by Crippen LogP contribution is 2.39. The molecule has 17 heavy (non-hydrogen) atoms. The van der Waals surface area contributed by atoms with Crippen molar-refractivity contribution in [2.24, 2.45) is 17.6 Å². The fraction of sp³-hybridized carbons (Fsp3) is 0.571. The van der Waals surface area contributed by atoms with E-state index in [-0.39, 0.29) is 0 Å². The fourth-order valence-electron chi connectivity index (χ4n) is 2.29. The first-order valence-electron chi connectivity index (χ1n) is 6.31. The third-order valence-corrected chi connectivity index (χ3v) is 4.28. The van der Waals surface area contributed by atoms with Crippen molar-refractivity contribution >= 4 is 21.6 Å². The lowest BCUT2D eigenvalue weighted by Crippen LogP contribution is -2.21. The SMILES string of the molecule is CC1CC1CN(C)c1ccc(CCN)cc1Br. The van der Waals surface area contributed by atoms with Crippen molar-refractivity contribution in [2.75, 3.05) is 25.0 Å². The van der Waals surface area contributed by atoms with Crippen molar-refractivity contribution in [3.05, 3.63) is 28.2 Å². The molecule has 2 unspecified atom stereocenters. The maximum Gasteiger partial charge on any atom is 0.0508 e. The largest absolute Gasteiger partial charge is 0.373 e. The average Bonchev–Trinajstić information content (AvgIpc) is 2.94. The summed E-state index contributed by atoms with van der Waals surface area (Å²) in [5.74, 6) is 1.79. The zero-order chi connectivity index (χ0) is 12.4. The molecule has 0 bridgehead atoms. The van der Waals surface area contributed by atoms with Crippen LogP contribution in [0.1, 0.15) is 18.9 Å². The lowest BCUT2D eigenvalue weighted by atomic mass is 10.1. The van der Waals surface area contributed by atoms with Crippen LogP contribution in [0.5, 0.6) is 0 Å². The highest BCUT2D eigenvalue weighted by Gasteiger charge is 2.33. The summed E-state index contributed by atoms with van der Waals surface area (Å²) in [6.07, 6.45) is 2.33. The number of hydrogen-bond acceptors (Lipinski definition) is 2. The monoisotopic (exact) mass is 296 g/mol. The summed E-state index contributed by atoms with van der Waals surface area (Å²) >= 11 is 3.66. The van der Waals surface area contributed by atoms with Crippen LogP contribution in [0, 0.1) is 11.8 Å². The van der Waals surface area contributed by atoms with Crippen LogP contribution in [0.2, 0.25) is 0 Å². The first-order chi connectivity index (χ1) is 8.11. The van der Waals surface area contributed by atoms with Gasteiger partial charge in [0.05, 0.1) is 5.69 Å². The highest BCUT2D eigenvalue weighted by atomic mass is 79.9. The van der Waals surface area contributed by atoms with Crippen molar-refractivity contribution in [3.8, 4) is 0 Å². The molecule has 1 aliphatic carbocycles. The molecule has 0 aliphatic heterocycles. The van der Waals surface area contributed by atoms with Gasteiger partial charge in [0.2, 0.25) is 0 Å². The molecule has 94 valence electrons. The predicted molar refractivity (Wildman–Crippen MR) is 77.4 cm³/mol. The minimum Gasteiger partial charge on any atom is -0.373 e. The minimum absolute atomic E-state index is 0.710. The molecule has 0 aromatic heterocycles. The van der Waals surface area contributed by atoms with E-state index in [1.807, 2.05) is 0 Å². The molecule has 0 radical (unpaired) electrons. The van der Waals surface area contributed by atoms with Gasteiger partial charge in [-0.2, -0.15) is 0 Å². The molecule has 0 amide bonds. The van der Waals surface area contributed by atoms with Gasteiger partial charge in [-0.3, -0.25) is 0 Å². The van der Waals surface area contributed by atoms with Crippen LogP contribution >= 0.6 is 15.9 Å². The molecule has 1 aliphatic rings. The van der Waals surface area contributed by atoms with Crippen LogP contribution in [0.25, 0.3) is 0 Å². The quantitative estimate of drug-likeness (QED) is 0.905. The van der Waals surface area contributed by atoms with Gasteiger partial charge in [0.15, 0.2) is 0 Å². The summed E-state index contributed by atoms with van der Waals surface area (Å²) < 4.78 is 1.18. The molecular weight excluding hydrogens is 276 g/mol. The Morgan fingerprint density at radius 3 is 2.71 bits per heavy atom. The van der Waals surface area contributed by atoms with E-state index < -0.39 is 0 Å². The zero-order valence-electron chi connectivity index (χ0n) is 10.6. The second kappa shape index (κ2) is 5.40. The van der Waals surface area contributed by atoms with Gasteiger partial charge in [-0.25, -0.2) is 0 Å². The van der Waals surface area contributed by atoms with Gasteiger partial charge in [-0.15, -0.1) is 0 Å². The second-order valence-corrected chi connectivity index (χ2v) is 6.03. The van der Waals surface area contributed by atoms with E-state index in [9.17, 15) is 0 Å². The minimum atomic E-state index is 0.710. The maximum atomic E-state index is 5.57. The lowest BCUT2D eigenvalue weighted by Gasteiger charge is -2.21. The molecular formula is C14H21BrN2. The van der Waals surface area contributed by atoms with Gasteiger partial charge < -0.3 is 10.6 Å². The first kappa shape index (κ1) is 12.9. The molecule has 2 atom stereocenters. The summed E-state index contributed by atoms with van der Waals surface area (Å²) in [5.41, 5.74) is 8.16. The molecule has 0 heterocycles. The normalized spacial score (nSPS) is 22.6. The molecule has 2 rings (SSSR count). The molecule has 2 N–H and O–H groups in total. The Morgan fingerprint density at radius 1 is 1.47 bits per heavy atom. The Morgan fingerprint density at radius 2 is 2.18 bits per heavy atom. The Kier molecular flexibility index (Phi) is 4.10. The molecule has 1 aromatic rings. The third-order valence-electron chi connectivity index (χ3n) is 3.64. The molecule has 0 saturated heterocycles. The van der Waals surface area contributed by atoms with Crippen LogP contribution in [-0.4, -0.2) is 20.1 Å². The van der Waals surface area contributed by atoms with E-state index in [0.29, 0.717) is 6.54 Å². The van der Waals surface area contributed by atoms with Gasteiger partial charge >= 0.3 is 0 Å². The summed E-state index contributed by atoms with van der Waals surface area (Å²) in [6.45, 7) is 4.20. The smallest absolute Gasteiger partial charge is 0.0508 e. The van der Waals surface area contributed by atoms with Crippen molar-refractivity contribution in [3.63, 3.8) is 0 Å². The first-order valence-corrected chi connectivity index (χ1v) is 7.10. The van der Waals surface area contributed by atoms with Crippen molar-refractivity contribution in [1.29, 1.82) is 0 Å². The van der Waals surface area contributed by atoms with Gasteiger partial charge in [-0.1, -0.05) is 13.0 Å². The number of benzene rings is 1. The molecule has 3 heteroatoms. The van der Waals surface area contributed by atoms with Crippen LogP contribution in [-0.2, 0) is 6.42 Å². The molecule has 0 spiro atoms. The summed E-state index contributed by atoms with van der Waals surface area (Å²) in [7, 11) is 2.17. The third kappa shape index (κ3) is 3.23. The number of rotatable bonds is 5. The summed E-state index contributed by atoms with van der Waals surface area (Å²) in [6, 6.07) is 6.57. The van der Waals surface area contributed by atoms with Crippen LogP contribution in [0.4, 0.5) is 5.69 Å². The number of nitrogens with two attached hydrogens (primary N) is 1. The van der Waals surface area contributed by atoms with E-state index in [4.69, 9.17) is 5.73 Å². The standard InChI is InChI=1S/C14H21BrN2/c1-10-7-12(10)9-17(2)14-4-3-11(5-6-16)8-13(14)15/h3-4,8,10,12H,5-7,9,16H2,1-2H3. The number of anilines is 1. The predicted octanol–water partition coefficient (Wildman–Crippen LogP) is 3.04. The van der Waals surface area contributed by atoms with Crippen molar-refractivity contribution < 1.29 is 0 Å². The fourth-order valence-corrected chi connectivity index (χ4v) is 3.01. The molecule has 2 nitrogen and oxygen atoms in total. The van der Waals surface area contributed by atoms with Gasteiger partial charge in [-0.05, 0) is 64.8 Å². The topological polar surface area (TPSA) is 29.3 Å².